The molecular weight excluding hydrogens is 204 g/mol. The molecule has 2 saturated heterocycles. The van der Waals surface area contributed by atoms with Gasteiger partial charge in [0.2, 0.25) is 5.91 Å². The van der Waals surface area contributed by atoms with Crippen LogP contribution < -0.4 is 0 Å². The van der Waals surface area contributed by atoms with Crippen LogP contribution in [0.3, 0.4) is 0 Å². The van der Waals surface area contributed by atoms with Gasteiger partial charge < -0.3 is 10.0 Å². The maximum absolute atomic E-state index is 12.0. The van der Waals surface area contributed by atoms with E-state index in [1.165, 1.54) is 6.42 Å². The molecule has 0 spiro atoms. The minimum Gasteiger partial charge on any atom is -0.393 e. The molecule has 2 rings (SSSR count). The second-order valence-corrected chi connectivity index (χ2v) is 4.95. The Hall–Kier alpha value is -0.610. The summed E-state index contributed by atoms with van der Waals surface area (Å²) in [4.78, 5) is 16.1. The zero-order chi connectivity index (χ0) is 11.4. The van der Waals surface area contributed by atoms with Gasteiger partial charge in [0.25, 0.3) is 0 Å². The molecule has 4 heteroatoms. The lowest BCUT2D eigenvalue weighted by Gasteiger charge is -2.32. The summed E-state index contributed by atoms with van der Waals surface area (Å²) in [5.74, 6) is 0.274. The summed E-state index contributed by atoms with van der Waals surface area (Å²) >= 11 is 0. The SMILES string of the molecule is O=C(CN1CCC(O)CC1)N1CCCCC1. The first-order valence-electron chi connectivity index (χ1n) is 6.44. The fourth-order valence-electron chi connectivity index (χ4n) is 2.51. The van der Waals surface area contributed by atoms with Crippen LogP contribution in [-0.4, -0.2) is 59.6 Å². The van der Waals surface area contributed by atoms with Gasteiger partial charge in [0.05, 0.1) is 12.6 Å². The van der Waals surface area contributed by atoms with Crippen molar-refractivity contribution in [3.8, 4) is 0 Å². The normalized spacial score (nSPS) is 24.7. The second-order valence-electron chi connectivity index (χ2n) is 4.95. The highest BCUT2D eigenvalue weighted by molar-refractivity contribution is 5.78. The van der Waals surface area contributed by atoms with Crippen LogP contribution in [0.2, 0.25) is 0 Å². The number of hydrogen-bond donors (Lipinski definition) is 1. The van der Waals surface area contributed by atoms with Crippen molar-refractivity contribution >= 4 is 5.91 Å². The van der Waals surface area contributed by atoms with Gasteiger partial charge in [-0.15, -0.1) is 0 Å². The molecule has 1 N–H and O–H groups in total. The second kappa shape index (κ2) is 5.64. The van der Waals surface area contributed by atoms with Crippen LogP contribution in [0, 0.1) is 0 Å². The molecule has 1 amide bonds. The largest absolute Gasteiger partial charge is 0.393 e. The number of carbonyl (C=O) groups excluding carboxylic acids is 1. The Morgan fingerprint density at radius 3 is 2.31 bits per heavy atom. The molecule has 0 atom stereocenters. The van der Waals surface area contributed by atoms with Gasteiger partial charge in [0, 0.05) is 26.2 Å². The molecule has 0 aliphatic carbocycles. The van der Waals surface area contributed by atoms with E-state index in [2.05, 4.69) is 4.90 Å². The van der Waals surface area contributed by atoms with Crippen molar-refractivity contribution in [1.82, 2.24) is 9.80 Å². The molecule has 0 aromatic heterocycles. The van der Waals surface area contributed by atoms with Gasteiger partial charge in [-0.2, -0.15) is 0 Å². The molecule has 2 aliphatic rings. The quantitative estimate of drug-likeness (QED) is 0.744. The predicted octanol–water partition coefficient (Wildman–Crippen LogP) is 0.456. The fourth-order valence-corrected chi connectivity index (χ4v) is 2.51. The molecule has 0 bridgehead atoms. The number of likely N-dealkylation sites (tertiary alicyclic amines) is 2. The molecular formula is C12H22N2O2. The molecule has 4 nitrogen and oxygen atoms in total. The number of rotatable bonds is 2. The van der Waals surface area contributed by atoms with Gasteiger partial charge in [-0.3, -0.25) is 9.69 Å². The molecule has 2 fully saturated rings. The molecule has 0 aromatic rings. The number of aliphatic hydroxyl groups excluding tert-OH is 1. The Labute approximate surface area is 97.2 Å². The van der Waals surface area contributed by atoms with E-state index in [-0.39, 0.29) is 12.0 Å². The molecule has 0 unspecified atom stereocenters. The highest BCUT2D eigenvalue weighted by Gasteiger charge is 2.22. The summed E-state index contributed by atoms with van der Waals surface area (Å²) in [5, 5.41) is 9.39. The van der Waals surface area contributed by atoms with Crippen molar-refractivity contribution in [3.63, 3.8) is 0 Å². The van der Waals surface area contributed by atoms with Crippen molar-refractivity contribution in [1.29, 1.82) is 0 Å². The van der Waals surface area contributed by atoms with E-state index in [0.717, 1.165) is 51.9 Å². The molecule has 0 aromatic carbocycles. The average molecular weight is 226 g/mol. The third-order valence-corrected chi connectivity index (χ3v) is 3.62. The van der Waals surface area contributed by atoms with Crippen molar-refractivity contribution in [2.75, 3.05) is 32.7 Å². The minimum absolute atomic E-state index is 0.152. The van der Waals surface area contributed by atoms with Crippen LogP contribution in [0.15, 0.2) is 0 Å². The molecule has 16 heavy (non-hydrogen) atoms. The summed E-state index contributed by atoms with van der Waals surface area (Å²) in [6, 6.07) is 0. The highest BCUT2D eigenvalue weighted by Crippen LogP contribution is 2.12. The van der Waals surface area contributed by atoms with Crippen molar-refractivity contribution in [3.05, 3.63) is 0 Å². The van der Waals surface area contributed by atoms with Crippen molar-refractivity contribution in [2.45, 2.75) is 38.2 Å². The van der Waals surface area contributed by atoms with E-state index >= 15 is 0 Å². The summed E-state index contributed by atoms with van der Waals surface area (Å²) in [7, 11) is 0. The van der Waals surface area contributed by atoms with E-state index in [9.17, 15) is 9.90 Å². The van der Waals surface area contributed by atoms with Crippen LogP contribution >= 0.6 is 0 Å². The zero-order valence-corrected chi connectivity index (χ0v) is 9.90. The lowest BCUT2D eigenvalue weighted by Crippen LogP contribution is -2.45. The van der Waals surface area contributed by atoms with Crippen LogP contribution in [0.25, 0.3) is 0 Å². The van der Waals surface area contributed by atoms with E-state index in [1.807, 2.05) is 4.90 Å². The Balaban J connectivity index is 1.73. The number of nitrogens with zero attached hydrogens (tertiary/aromatic N) is 2. The first kappa shape index (κ1) is 11.9. The monoisotopic (exact) mass is 226 g/mol. The Morgan fingerprint density at radius 2 is 1.69 bits per heavy atom. The maximum Gasteiger partial charge on any atom is 0.236 e. The van der Waals surface area contributed by atoms with Gasteiger partial charge in [-0.05, 0) is 32.1 Å². The minimum atomic E-state index is -0.152. The average Bonchev–Trinajstić information content (AvgIpc) is 2.33. The number of amides is 1. The fraction of sp³-hybridized carbons (Fsp3) is 0.917. The van der Waals surface area contributed by atoms with E-state index in [0.29, 0.717) is 6.54 Å². The van der Waals surface area contributed by atoms with Gasteiger partial charge in [-0.1, -0.05) is 0 Å². The lowest BCUT2D eigenvalue weighted by molar-refractivity contribution is -0.133. The van der Waals surface area contributed by atoms with Crippen LogP contribution in [0.5, 0.6) is 0 Å². The molecule has 2 heterocycles. The first-order chi connectivity index (χ1) is 7.75. The number of hydrogen-bond acceptors (Lipinski definition) is 3. The van der Waals surface area contributed by atoms with Crippen LogP contribution in [0.4, 0.5) is 0 Å². The maximum atomic E-state index is 12.0. The highest BCUT2D eigenvalue weighted by atomic mass is 16.3. The van der Waals surface area contributed by atoms with Gasteiger partial charge in [-0.25, -0.2) is 0 Å². The predicted molar refractivity (Wildman–Crippen MR) is 62.1 cm³/mol. The number of carbonyl (C=O) groups is 1. The molecule has 0 saturated carbocycles. The third kappa shape index (κ3) is 3.19. The van der Waals surface area contributed by atoms with Gasteiger partial charge in [0.15, 0.2) is 0 Å². The molecule has 0 radical (unpaired) electrons. The van der Waals surface area contributed by atoms with Crippen LogP contribution in [-0.2, 0) is 4.79 Å². The Bertz CT molecular complexity index is 231. The van der Waals surface area contributed by atoms with Crippen molar-refractivity contribution in [2.24, 2.45) is 0 Å². The van der Waals surface area contributed by atoms with Gasteiger partial charge >= 0.3 is 0 Å². The number of piperidine rings is 2. The standard InChI is InChI=1S/C12H22N2O2/c15-11-4-8-13(9-5-11)10-12(16)14-6-2-1-3-7-14/h11,15H,1-10H2. The zero-order valence-electron chi connectivity index (χ0n) is 9.90. The molecule has 92 valence electrons. The topological polar surface area (TPSA) is 43.8 Å². The Morgan fingerprint density at radius 1 is 1.06 bits per heavy atom. The third-order valence-electron chi connectivity index (χ3n) is 3.62. The lowest BCUT2D eigenvalue weighted by atomic mass is 10.1. The van der Waals surface area contributed by atoms with E-state index < -0.39 is 0 Å². The summed E-state index contributed by atoms with van der Waals surface area (Å²) in [6.07, 6.45) is 5.05. The first-order valence-corrected chi connectivity index (χ1v) is 6.44. The Kier molecular flexibility index (Phi) is 4.18. The summed E-state index contributed by atoms with van der Waals surface area (Å²) < 4.78 is 0. The van der Waals surface area contributed by atoms with Gasteiger partial charge in [0.1, 0.15) is 0 Å². The van der Waals surface area contributed by atoms with Crippen molar-refractivity contribution < 1.29 is 9.90 Å². The van der Waals surface area contributed by atoms with E-state index in [1.54, 1.807) is 0 Å². The summed E-state index contributed by atoms with van der Waals surface area (Å²) in [5.41, 5.74) is 0. The molecule has 2 aliphatic heterocycles. The smallest absolute Gasteiger partial charge is 0.236 e. The van der Waals surface area contributed by atoms with E-state index in [4.69, 9.17) is 0 Å². The summed E-state index contributed by atoms with van der Waals surface area (Å²) in [6.45, 7) is 4.15. The van der Waals surface area contributed by atoms with Crippen LogP contribution in [0.1, 0.15) is 32.1 Å². The number of aliphatic hydroxyl groups is 1.